The molecule has 0 aromatic rings. The largest absolute Gasteiger partial charge is 0.502 e. The second kappa shape index (κ2) is 10.8. The van der Waals surface area contributed by atoms with Crippen LogP contribution in [0.2, 0.25) is 0 Å². The van der Waals surface area contributed by atoms with Crippen molar-refractivity contribution in [1.82, 2.24) is 0 Å². The number of aliphatic hydroxyl groups is 1. The second-order valence-corrected chi connectivity index (χ2v) is 4.36. The lowest BCUT2D eigenvalue weighted by Gasteiger charge is -2.00. The van der Waals surface area contributed by atoms with Gasteiger partial charge in [0.1, 0.15) is 0 Å². The molecule has 0 aliphatic heterocycles. The smallest absolute Gasteiger partial charge is 0.373 e. The Morgan fingerprint density at radius 3 is 2.17 bits per heavy atom. The summed E-state index contributed by atoms with van der Waals surface area (Å²) >= 11 is 0. The van der Waals surface area contributed by atoms with Crippen molar-refractivity contribution in [3.8, 4) is 0 Å². The number of carbonyl (C=O) groups is 2. The summed E-state index contributed by atoms with van der Waals surface area (Å²) in [6.07, 6.45) is 9.25. The van der Waals surface area contributed by atoms with E-state index in [1.165, 1.54) is 25.7 Å². The lowest BCUT2D eigenvalue weighted by atomic mass is 10.1. The molecule has 0 fully saturated rings. The van der Waals surface area contributed by atoms with Gasteiger partial charge in [-0.3, -0.25) is 4.79 Å². The van der Waals surface area contributed by atoms with Gasteiger partial charge in [-0.05, 0) is 6.42 Å². The van der Waals surface area contributed by atoms with Crippen molar-refractivity contribution in [2.45, 2.75) is 58.3 Å². The highest BCUT2D eigenvalue weighted by Crippen LogP contribution is 2.09. The highest BCUT2D eigenvalue weighted by molar-refractivity contribution is 5.97. The number of ketones is 1. The van der Waals surface area contributed by atoms with Crippen molar-refractivity contribution in [3.05, 3.63) is 11.8 Å². The summed E-state index contributed by atoms with van der Waals surface area (Å²) in [5.74, 6) is -1.72. The van der Waals surface area contributed by atoms with Gasteiger partial charge in [0.2, 0.25) is 5.76 Å². The van der Waals surface area contributed by atoms with E-state index in [4.69, 9.17) is 5.11 Å². The van der Waals surface area contributed by atoms with Crippen LogP contribution in [0.25, 0.3) is 0 Å². The Hall–Kier alpha value is -1.32. The molecule has 0 aliphatic carbocycles. The summed E-state index contributed by atoms with van der Waals surface area (Å²) in [6, 6.07) is 0. The minimum absolute atomic E-state index is 0.230. The third-order valence-electron chi connectivity index (χ3n) is 2.72. The van der Waals surface area contributed by atoms with Crippen LogP contribution in [-0.2, 0) is 14.3 Å². The highest BCUT2D eigenvalue weighted by atomic mass is 16.5. The Kier molecular flexibility index (Phi) is 10.0. The van der Waals surface area contributed by atoms with Crippen molar-refractivity contribution in [2.24, 2.45) is 0 Å². The van der Waals surface area contributed by atoms with Crippen LogP contribution >= 0.6 is 0 Å². The summed E-state index contributed by atoms with van der Waals surface area (Å²) in [5.41, 5.74) is 0. The van der Waals surface area contributed by atoms with Gasteiger partial charge in [-0.1, -0.05) is 45.4 Å². The van der Waals surface area contributed by atoms with Crippen LogP contribution in [0.4, 0.5) is 0 Å². The SMILES string of the molecule is CCCCCCCCCC(=O)C=C(O)C(=O)OC. The Labute approximate surface area is 109 Å². The zero-order valence-electron chi connectivity index (χ0n) is 11.4. The molecule has 0 saturated carbocycles. The van der Waals surface area contributed by atoms with E-state index in [0.717, 1.165) is 32.4 Å². The van der Waals surface area contributed by atoms with Gasteiger partial charge in [0.05, 0.1) is 7.11 Å². The van der Waals surface area contributed by atoms with Gasteiger partial charge in [0, 0.05) is 12.5 Å². The molecule has 0 aliphatic rings. The maximum atomic E-state index is 11.4. The molecule has 0 bridgehead atoms. The van der Waals surface area contributed by atoms with Gasteiger partial charge in [0.25, 0.3) is 0 Å². The number of unbranched alkanes of at least 4 members (excludes halogenated alkanes) is 6. The van der Waals surface area contributed by atoms with Gasteiger partial charge in [-0.25, -0.2) is 4.79 Å². The lowest BCUT2D eigenvalue weighted by molar-refractivity contribution is -0.139. The van der Waals surface area contributed by atoms with Crippen LogP contribution in [-0.4, -0.2) is 24.0 Å². The van der Waals surface area contributed by atoms with Crippen molar-refractivity contribution in [3.63, 3.8) is 0 Å². The number of aliphatic hydroxyl groups excluding tert-OH is 1. The van der Waals surface area contributed by atoms with E-state index in [0.29, 0.717) is 6.42 Å². The molecule has 18 heavy (non-hydrogen) atoms. The Morgan fingerprint density at radius 1 is 1.06 bits per heavy atom. The standard InChI is InChI=1S/C14H24O4/c1-3-4-5-6-7-8-9-10-12(15)11-13(16)14(17)18-2/h11,16H,3-10H2,1-2H3. The summed E-state index contributed by atoms with van der Waals surface area (Å²) in [5, 5.41) is 9.15. The molecule has 0 heterocycles. The molecule has 0 aromatic heterocycles. The quantitative estimate of drug-likeness (QED) is 0.282. The fraction of sp³-hybridized carbons (Fsp3) is 0.714. The van der Waals surface area contributed by atoms with Crippen LogP contribution in [0.3, 0.4) is 0 Å². The van der Waals surface area contributed by atoms with Crippen LogP contribution in [0, 0.1) is 0 Å². The van der Waals surface area contributed by atoms with Crippen molar-refractivity contribution in [2.75, 3.05) is 7.11 Å². The lowest BCUT2D eigenvalue weighted by Crippen LogP contribution is -2.06. The summed E-state index contributed by atoms with van der Waals surface area (Å²) in [4.78, 5) is 22.2. The minimum Gasteiger partial charge on any atom is -0.502 e. The van der Waals surface area contributed by atoms with E-state index in [1.807, 2.05) is 0 Å². The minimum atomic E-state index is -0.872. The van der Waals surface area contributed by atoms with Gasteiger partial charge >= 0.3 is 5.97 Å². The number of allylic oxidation sites excluding steroid dienone is 1. The highest BCUT2D eigenvalue weighted by Gasteiger charge is 2.09. The van der Waals surface area contributed by atoms with Crippen molar-refractivity contribution >= 4 is 11.8 Å². The average Bonchev–Trinajstić information content (AvgIpc) is 2.36. The van der Waals surface area contributed by atoms with Crippen LogP contribution in [0.5, 0.6) is 0 Å². The molecule has 104 valence electrons. The molecule has 4 heteroatoms. The number of esters is 1. The predicted octanol–water partition coefficient (Wildman–Crippen LogP) is 3.31. The molecule has 0 rings (SSSR count). The van der Waals surface area contributed by atoms with E-state index in [-0.39, 0.29) is 5.78 Å². The third kappa shape index (κ3) is 8.79. The summed E-state index contributed by atoms with van der Waals surface area (Å²) in [7, 11) is 1.16. The molecule has 4 nitrogen and oxygen atoms in total. The number of rotatable bonds is 10. The molecule has 0 amide bonds. The molecule has 0 radical (unpaired) electrons. The van der Waals surface area contributed by atoms with Gasteiger partial charge in [0.15, 0.2) is 5.78 Å². The van der Waals surface area contributed by atoms with Crippen LogP contribution < -0.4 is 0 Å². The first-order chi connectivity index (χ1) is 8.61. The molecule has 0 aromatic carbocycles. The maximum absolute atomic E-state index is 11.4. The second-order valence-electron chi connectivity index (χ2n) is 4.36. The first kappa shape index (κ1) is 16.7. The average molecular weight is 256 g/mol. The van der Waals surface area contributed by atoms with Gasteiger partial charge < -0.3 is 9.84 Å². The van der Waals surface area contributed by atoms with E-state index in [9.17, 15) is 9.59 Å². The third-order valence-corrected chi connectivity index (χ3v) is 2.72. The van der Waals surface area contributed by atoms with E-state index in [2.05, 4.69) is 11.7 Å². The molecule has 0 saturated heterocycles. The zero-order valence-corrected chi connectivity index (χ0v) is 11.4. The molecular formula is C14H24O4. The fourth-order valence-corrected chi connectivity index (χ4v) is 1.64. The number of ether oxygens (including phenoxy) is 1. The number of methoxy groups -OCH3 is 1. The van der Waals surface area contributed by atoms with E-state index in [1.54, 1.807) is 0 Å². The molecular weight excluding hydrogens is 232 g/mol. The Morgan fingerprint density at radius 2 is 1.61 bits per heavy atom. The molecule has 0 unspecified atom stereocenters. The summed E-state index contributed by atoms with van der Waals surface area (Å²) in [6.45, 7) is 2.18. The predicted molar refractivity (Wildman–Crippen MR) is 70.3 cm³/mol. The van der Waals surface area contributed by atoms with Crippen LogP contribution in [0.15, 0.2) is 11.8 Å². The fourth-order valence-electron chi connectivity index (χ4n) is 1.64. The van der Waals surface area contributed by atoms with Crippen molar-refractivity contribution < 1.29 is 19.4 Å². The Balaban J connectivity index is 3.62. The number of hydrogen-bond donors (Lipinski definition) is 1. The molecule has 0 spiro atoms. The van der Waals surface area contributed by atoms with E-state index < -0.39 is 11.7 Å². The summed E-state index contributed by atoms with van der Waals surface area (Å²) < 4.78 is 4.28. The van der Waals surface area contributed by atoms with Gasteiger partial charge in [-0.15, -0.1) is 0 Å². The normalized spacial score (nSPS) is 11.3. The first-order valence-corrected chi connectivity index (χ1v) is 6.63. The monoisotopic (exact) mass is 256 g/mol. The molecule has 1 N–H and O–H groups in total. The van der Waals surface area contributed by atoms with Gasteiger partial charge in [-0.2, -0.15) is 0 Å². The van der Waals surface area contributed by atoms with Crippen molar-refractivity contribution in [1.29, 1.82) is 0 Å². The first-order valence-electron chi connectivity index (χ1n) is 6.63. The number of hydrogen-bond acceptors (Lipinski definition) is 4. The number of carbonyl (C=O) groups excluding carboxylic acids is 2. The zero-order chi connectivity index (χ0) is 13.8. The van der Waals surface area contributed by atoms with Crippen LogP contribution in [0.1, 0.15) is 58.3 Å². The Bertz CT molecular complexity index is 282. The molecule has 0 atom stereocenters. The van der Waals surface area contributed by atoms with E-state index >= 15 is 0 Å². The topological polar surface area (TPSA) is 63.6 Å². The maximum Gasteiger partial charge on any atom is 0.373 e.